The summed E-state index contributed by atoms with van der Waals surface area (Å²) in [5.41, 5.74) is -0.352. The van der Waals surface area contributed by atoms with Crippen molar-refractivity contribution in [3.63, 3.8) is 0 Å². The largest absolute Gasteiger partial charge is 0.461 e. The van der Waals surface area contributed by atoms with Crippen molar-refractivity contribution in [3.8, 4) is 0 Å². The van der Waals surface area contributed by atoms with Gasteiger partial charge in [0.05, 0.1) is 6.61 Å². The molecule has 0 aliphatic heterocycles. The second-order valence-corrected chi connectivity index (χ2v) is 4.18. The number of rotatable bonds is 8. The van der Waals surface area contributed by atoms with Gasteiger partial charge in [-0.25, -0.2) is 16.2 Å². The summed E-state index contributed by atoms with van der Waals surface area (Å²) in [4.78, 5) is 36.6. The molecular weight excluding hydrogens is 270 g/mol. The van der Waals surface area contributed by atoms with Gasteiger partial charge in [-0.3, -0.25) is 9.64 Å². The van der Waals surface area contributed by atoms with E-state index in [1.165, 1.54) is 11.8 Å². The smallest absolute Gasteiger partial charge is 0.394 e. The predicted molar refractivity (Wildman–Crippen MR) is 70.5 cm³/mol. The maximum absolute atomic E-state index is 11.5. The summed E-state index contributed by atoms with van der Waals surface area (Å²) in [5, 5.41) is 0. The molecule has 0 amide bonds. The molecule has 0 radical (unpaired) electrons. The van der Waals surface area contributed by atoms with Crippen molar-refractivity contribution in [2.24, 2.45) is 0 Å². The average molecular weight is 285 g/mol. The van der Waals surface area contributed by atoms with Gasteiger partial charge in [-0.2, -0.15) is 11.8 Å². The molecule has 0 fully saturated rings. The molecule has 19 heavy (non-hydrogen) atoms. The summed E-state index contributed by atoms with van der Waals surface area (Å²) in [6.07, 6.45) is 3.07. The molecule has 104 valence electrons. The molecular formula is C12H15NO5S. The first-order valence-corrected chi connectivity index (χ1v) is 6.86. The molecule has 1 atom stereocenters. The Balaban J connectivity index is 4.76. The second kappa shape index (κ2) is 10.1. The van der Waals surface area contributed by atoms with Crippen LogP contribution in [0.15, 0.2) is 11.6 Å². The van der Waals surface area contributed by atoms with Gasteiger partial charge >= 0.3 is 18.0 Å². The van der Waals surface area contributed by atoms with Crippen LogP contribution in [0.2, 0.25) is 0 Å². The third-order valence-corrected chi connectivity index (χ3v) is 2.46. The van der Waals surface area contributed by atoms with Crippen LogP contribution < -0.4 is 0 Å². The first-order chi connectivity index (χ1) is 9.10. The predicted octanol–water partition coefficient (Wildman–Crippen LogP) is 0.869. The van der Waals surface area contributed by atoms with Gasteiger partial charge in [-0.15, -0.1) is 0 Å². The lowest BCUT2D eigenvalue weighted by Gasteiger charge is -2.04. The number of esters is 2. The van der Waals surface area contributed by atoms with Crippen molar-refractivity contribution in [1.82, 2.24) is 0 Å². The number of carbonyl (C=O) groups is 3. The minimum atomic E-state index is -1.31. The van der Waals surface area contributed by atoms with Crippen molar-refractivity contribution >= 4 is 30.0 Å². The summed E-state index contributed by atoms with van der Waals surface area (Å²) in [7, 11) is 0. The molecule has 0 N–H and O–H groups in total. The van der Waals surface area contributed by atoms with Crippen LogP contribution in [0, 0.1) is 6.57 Å². The molecule has 6 nitrogen and oxygen atoms in total. The molecule has 7 heteroatoms. The monoisotopic (exact) mass is 285 g/mol. The average Bonchev–Trinajstić information content (AvgIpc) is 2.40. The highest BCUT2D eigenvalue weighted by Gasteiger charge is 2.25. The highest BCUT2D eigenvalue weighted by Crippen LogP contribution is 2.04. The van der Waals surface area contributed by atoms with E-state index in [-0.39, 0.29) is 25.1 Å². The molecule has 0 saturated heterocycles. The molecule has 0 aliphatic carbocycles. The van der Waals surface area contributed by atoms with Crippen LogP contribution in [-0.4, -0.2) is 49.5 Å². The van der Waals surface area contributed by atoms with Gasteiger partial charge in [0, 0.05) is 11.8 Å². The van der Waals surface area contributed by atoms with Crippen LogP contribution in [0.4, 0.5) is 0 Å². The number of hydrogen-bond acceptors (Lipinski definition) is 6. The SMILES string of the molecule is [C-]#[N+]C(C=C(C=O)C(=O)OCCSC)C(=O)OCC. The van der Waals surface area contributed by atoms with Crippen molar-refractivity contribution in [3.05, 3.63) is 23.1 Å². The summed E-state index contributed by atoms with van der Waals surface area (Å²) >= 11 is 1.49. The van der Waals surface area contributed by atoms with E-state index in [0.29, 0.717) is 5.75 Å². The topological polar surface area (TPSA) is 74.0 Å². The van der Waals surface area contributed by atoms with Crippen LogP contribution in [0.5, 0.6) is 0 Å². The second-order valence-electron chi connectivity index (χ2n) is 3.19. The quantitative estimate of drug-likeness (QED) is 0.125. The van der Waals surface area contributed by atoms with E-state index in [1.807, 2.05) is 6.26 Å². The van der Waals surface area contributed by atoms with Gasteiger partial charge in [0.1, 0.15) is 12.2 Å². The number of aldehydes is 1. The first-order valence-electron chi connectivity index (χ1n) is 5.46. The van der Waals surface area contributed by atoms with Crippen LogP contribution >= 0.6 is 11.8 Å². The molecule has 1 unspecified atom stereocenters. The fraction of sp³-hybridized carbons (Fsp3) is 0.500. The fourth-order valence-corrected chi connectivity index (χ4v) is 1.26. The van der Waals surface area contributed by atoms with Crippen LogP contribution in [0.25, 0.3) is 4.85 Å². The van der Waals surface area contributed by atoms with Crippen molar-refractivity contribution in [1.29, 1.82) is 0 Å². The molecule has 0 aromatic carbocycles. The zero-order chi connectivity index (χ0) is 14.7. The third kappa shape index (κ3) is 6.62. The van der Waals surface area contributed by atoms with E-state index >= 15 is 0 Å². The highest BCUT2D eigenvalue weighted by atomic mass is 32.2. The fourth-order valence-electron chi connectivity index (χ4n) is 1.01. The molecule has 0 bridgehead atoms. The normalized spacial score (nSPS) is 12.2. The Labute approximate surface area is 116 Å². The lowest BCUT2D eigenvalue weighted by atomic mass is 10.2. The Hall–Kier alpha value is -1.81. The number of thioether (sulfide) groups is 1. The molecule has 0 aliphatic rings. The zero-order valence-electron chi connectivity index (χ0n) is 10.8. The van der Waals surface area contributed by atoms with E-state index in [4.69, 9.17) is 11.3 Å². The maximum Gasteiger partial charge on any atom is 0.394 e. The Morgan fingerprint density at radius 2 is 2.11 bits per heavy atom. The van der Waals surface area contributed by atoms with E-state index in [0.717, 1.165) is 6.08 Å². The standard InChI is InChI=1S/C12H15NO5S/c1-4-17-12(16)10(13-2)7-9(8-14)11(15)18-5-6-19-3/h7-8,10H,4-6H2,1,3H3. The Kier molecular flexibility index (Phi) is 9.18. The molecule has 0 heterocycles. The van der Waals surface area contributed by atoms with Gasteiger partial charge in [0.25, 0.3) is 0 Å². The summed E-state index contributed by atoms with van der Waals surface area (Å²) in [6, 6.07) is -1.31. The summed E-state index contributed by atoms with van der Waals surface area (Å²) in [5.74, 6) is -1.04. The Morgan fingerprint density at radius 1 is 1.42 bits per heavy atom. The Morgan fingerprint density at radius 3 is 2.58 bits per heavy atom. The number of ether oxygens (including phenoxy) is 2. The van der Waals surface area contributed by atoms with Gasteiger partial charge < -0.3 is 9.47 Å². The minimum absolute atomic E-state index is 0.118. The van der Waals surface area contributed by atoms with E-state index in [1.54, 1.807) is 6.92 Å². The maximum atomic E-state index is 11.5. The van der Waals surface area contributed by atoms with E-state index in [9.17, 15) is 14.4 Å². The van der Waals surface area contributed by atoms with Crippen molar-refractivity contribution < 1.29 is 23.9 Å². The highest BCUT2D eigenvalue weighted by molar-refractivity contribution is 7.98. The Bertz CT molecular complexity index is 399. The van der Waals surface area contributed by atoms with Crippen LogP contribution in [0.3, 0.4) is 0 Å². The lowest BCUT2D eigenvalue weighted by Crippen LogP contribution is -2.20. The zero-order valence-corrected chi connectivity index (χ0v) is 11.6. The minimum Gasteiger partial charge on any atom is -0.461 e. The van der Waals surface area contributed by atoms with Gasteiger partial charge in [0.2, 0.25) is 0 Å². The van der Waals surface area contributed by atoms with Gasteiger partial charge in [-0.1, -0.05) is 0 Å². The van der Waals surface area contributed by atoms with E-state index in [2.05, 4.69) is 9.58 Å². The molecule has 0 aromatic heterocycles. The summed E-state index contributed by atoms with van der Waals surface area (Å²) < 4.78 is 9.46. The van der Waals surface area contributed by atoms with Crippen LogP contribution in [-0.2, 0) is 23.9 Å². The number of hydrogen-bond donors (Lipinski definition) is 0. The van der Waals surface area contributed by atoms with Crippen molar-refractivity contribution in [2.45, 2.75) is 13.0 Å². The lowest BCUT2D eigenvalue weighted by molar-refractivity contribution is -0.142. The first kappa shape index (κ1) is 17.2. The van der Waals surface area contributed by atoms with Crippen molar-refractivity contribution in [2.75, 3.05) is 25.2 Å². The number of nitrogens with zero attached hydrogens (tertiary/aromatic N) is 1. The van der Waals surface area contributed by atoms with Crippen LogP contribution in [0.1, 0.15) is 6.92 Å². The van der Waals surface area contributed by atoms with E-state index < -0.39 is 18.0 Å². The van der Waals surface area contributed by atoms with Gasteiger partial charge in [0.15, 0.2) is 6.29 Å². The molecule has 0 rings (SSSR count). The molecule has 0 saturated carbocycles. The number of carbonyl (C=O) groups excluding carboxylic acids is 3. The molecule has 0 aromatic rings. The third-order valence-electron chi connectivity index (χ3n) is 1.89. The molecule has 0 spiro atoms. The van der Waals surface area contributed by atoms with Gasteiger partial charge in [-0.05, 0) is 13.2 Å². The summed E-state index contributed by atoms with van der Waals surface area (Å²) in [6.45, 7) is 8.73.